The molecule has 0 bridgehead atoms. The van der Waals surface area contributed by atoms with Crippen LogP contribution in [-0.4, -0.2) is 44.8 Å². The first-order chi connectivity index (χ1) is 8.66. The molecule has 0 fully saturated rings. The van der Waals surface area contributed by atoms with E-state index in [9.17, 15) is 9.59 Å². The molecule has 2 amide bonds. The highest BCUT2D eigenvalue weighted by Crippen LogP contribution is 1.83. The van der Waals surface area contributed by atoms with Crippen LogP contribution >= 0.6 is 0 Å². The lowest BCUT2D eigenvalue weighted by Crippen LogP contribution is -2.30. The van der Waals surface area contributed by atoms with Crippen LogP contribution in [0.4, 0.5) is 0 Å². The van der Waals surface area contributed by atoms with Crippen LogP contribution in [0.3, 0.4) is 0 Å². The zero-order valence-electron chi connectivity index (χ0n) is 11.5. The molecule has 0 aliphatic carbocycles. The third-order valence-corrected chi connectivity index (χ3v) is 1.63. The Balaban J connectivity index is 0. The Bertz CT molecular complexity index is 212. The number of amides is 2. The Hall–Kier alpha value is -1.18. The summed E-state index contributed by atoms with van der Waals surface area (Å²) in [5.41, 5.74) is 2.00. The average molecular weight is 263 g/mol. The summed E-state index contributed by atoms with van der Waals surface area (Å²) in [5.74, 6) is 4.54. The summed E-state index contributed by atoms with van der Waals surface area (Å²) in [6, 6.07) is 0. The lowest BCUT2D eigenvalue weighted by molar-refractivity contribution is -0.122. The van der Waals surface area contributed by atoms with Crippen LogP contribution in [0.1, 0.15) is 27.2 Å². The summed E-state index contributed by atoms with van der Waals surface area (Å²) in [6.07, 6.45) is 0.238. The molecule has 7 heteroatoms. The van der Waals surface area contributed by atoms with E-state index < -0.39 is 0 Å². The summed E-state index contributed by atoms with van der Waals surface area (Å²) in [5, 5.41) is 2.60. The molecule has 18 heavy (non-hydrogen) atoms. The number of hydrogen-bond acceptors (Lipinski definition) is 5. The van der Waals surface area contributed by atoms with Crippen LogP contribution in [0, 0.1) is 0 Å². The van der Waals surface area contributed by atoms with E-state index in [4.69, 9.17) is 15.3 Å². The molecule has 0 spiro atoms. The average Bonchev–Trinajstić information content (AvgIpc) is 2.38. The van der Waals surface area contributed by atoms with Gasteiger partial charge in [0.2, 0.25) is 11.8 Å². The first-order valence-corrected chi connectivity index (χ1v) is 6.06. The van der Waals surface area contributed by atoms with E-state index in [1.165, 1.54) is 6.92 Å². The van der Waals surface area contributed by atoms with Crippen molar-refractivity contribution in [1.29, 1.82) is 0 Å². The molecule has 0 radical (unpaired) electrons. The predicted octanol–water partition coefficient (Wildman–Crippen LogP) is -0.438. The van der Waals surface area contributed by atoms with Gasteiger partial charge in [-0.15, -0.1) is 0 Å². The zero-order valence-corrected chi connectivity index (χ0v) is 11.5. The Labute approximate surface area is 108 Å². The predicted molar refractivity (Wildman–Crippen MR) is 68.6 cm³/mol. The van der Waals surface area contributed by atoms with Crippen LogP contribution in [0.5, 0.6) is 0 Å². The van der Waals surface area contributed by atoms with Gasteiger partial charge < -0.3 is 14.8 Å². The van der Waals surface area contributed by atoms with Gasteiger partial charge in [-0.2, -0.15) is 0 Å². The van der Waals surface area contributed by atoms with Crippen molar-refractivity contribution in [2.75, 3.05) is 33.0 Å². The summed E-state index contributed by atoms with van der Waals surface area (Å²) in [6.45, 7) is 7.56. The molecule has 0 aliphatic rings. The maximum Gasteiger partial charge on any atom is 0.236 e. The van der Waals surface area contributed by atoms with E-state index in [0.29, 0.717) is 33.0 Å². The molecule has 108 valence electrons. The van der Waals surface area contributed by atoms with E-state index in [-0.39, 0.29) is 18.2 Å². The third-order valence-electron chi connectivity index (χ3n) is 1.63. The normalized spacial score (nSPS) is 9.11. The van der Waals surface area contributed by atoms with Crippen LogP contribution in [0.2, 0.25) is 0 Å². The SMILES string of the molecule is CC.CC(=O)NCCOCCOCCC(=O)NN. The van der Waals surface area contributed by atoms with Gasteiger partial charge in [-0.3, -0.25) is 15.0 Å². The van der Waals surface area contributed by atoms with Crippen molar-refractivity contribution in [2.45, 2.75) is 27.2 Å². The standard InChI is InChI=1S/C9H19N3O4.C2H6/c1-8(13)11-3-5-16-7-6-15-4-2-9(14)12-10;1-2/h2-7,10H2,1H3,(H,11,13)(H,12,14);1-2H3. The highest BCUT2D eigenvalue weighted by Gasteiger charge is 1.97. The molecular formula is C11H25N3O4. The van der Waals surface area contributed by atoms with Crippen LogP contribution < -0.4 is 16.6 Å². The summed E-state index contributed by atoms with van der Waals surface area (Å²) < 4.78 is 10.3. The Morgan fingerprint density at radius 2 is 1.61 bits per heavy atom. The molecule has 0 atom stereocenters. The van der Waals surface area contributed by atoms with E-state index in [1.54, 1.807) is 0 Å². The Morgan fingerprint density at radius 3 is 2.11 bits per heavy atom. The summed E-state index contributed by atoms with van der Waals surface area (Å²) in [4.78, 5) is 21.1. The number of carbonyl (C=O) groups is 2. The Morgan fingerprint density at radius 1 is 1.06 bits per heavy atom. The van der Waals surface area contributed by atoms with Gasteiger partial charge in [0.15, 0.2) is 0 Å². The molecule has 0 rings (SSSR count). The fraction of sp³-hybridized carbons (Fsp3) is 0.818. The highest BCUT2D eigenvalue weighted by atomic mass is 16.5. The van der Waals surface area contributed by atoms with Crippen molar-refractivity contribution < 1.29 is 19.1 Å². The van der Waals surface area contributed by atoms with Gasteiger partial charge in [0, 0.05) is 13.5 Å². The van der Waals surface area contributed by atoms with Gasteiger partial charge in [-0.05, 0) is 0 Å². The van der Waals surface area contributed by atoms with Gasteiger partial charge in [-0.1, -0.05) is 13.8 Å². The van der Waals surface area contributed by atoms with Crippen molar-refractivity contribution >= 4 is 11.8 Å². The second-order valence-electron chi connectivity index (χ2n) is 3.03. The van der Waals surface area contributed by atoms with Crippen molar-refractivity contribution in [1.82, 2.24) is 10.7 Å². The lowest BCUT2D eigenvalue weighted by Gasteiger charge is -2.05. The summed E-state index contributed by atoms with van der Waals surface area (Å²) >= 11 is 0. The quantitative estimate of drug-likeness (QED) is 0.226. The number of ether oxygens (including phenoxy) is 2. The van der Waals surface area contributed by atoms with Gasteiger partial charge >= 0.3 is 0 Å². The van der Waals surface area contributed by atoms with Crippen LogP contribution in [-0.2, 0) is 19.1 Å². The zero-order chi connectivity index (χ0) is 14.2. The monoisotopic (exact) mass is 263 g/mol. The van der Waals surface area contributed by atoms with Crippen LogP contribution in [0.25, 0.3) is 0 Å². The smallest absolute Gasteiger partial charge is 0.236 e. The molecule has 0 aromatic heterocycles. The van der Waals surface area contributed by atoms with E-state index in [2.05, 4.69) is 5.32 Å². The van der Waals surface area contributed by atoms with Gasteiger partial charge in [0.25, 0.3) is 0 Å². The third kappa shape index (κ3) is 17.2. The maximum atomic E-state index is 10.7. The molecule has 0 aliphatic heterocycles. The van der Waals surface area contributed by atoms with Gasteiger partial charge in [0.05, 0.1) is 32.8 Å². The van der Waals surface area contributed by atoms with Crippen molar-refractivity contribution in [2.24, 2.45) is 5.84 Å². The minimum absolute atomic E-state index is 0.0763. The molecule has 0 unspecified atom stereocenters. The first kappa shape index (κ1) is 19.2. The molecule has 4 N–H and O–H groups in total. The highest BCUT2D eigenvalue weighted by molar-refractivity contribution is 5.75. The van der Waals surface area contributed by atoms with Crippen molar-refractivity contribution in [3.05, 3.63) is 0 Å². The van der Waals surface area contributed by atoms with E-state index in [1.807, 2.05) is 19.3 Å². The van der Waals surface area contributed by atoms with Gasteiger partial charge in [-0.25, -0.2) is 5.84 Å². The number of hydrazine groups is 1. The molecule has 0 saturated heterocycles. The number of rotatable bonds is 9. The molecular weight excluding hydrogens is 238 g/mol. The molecule has 0 aromatic carbocycles. The minimum atomic E-state index is -0.258. The van der Waals surface area contributed by atoms with Crippen molar-refractivity contribution in [3.63, 3.8) is 0 Å². The summed E-state index contributed by atoms with van der Waals surface area (Å²) in [7, 11) is 0. The number of nitrogens with two attached hydrogens (primary N) is 1. The number of hydrogen-bond donors (Lipinski definition) is 3. The van der Waals surface area contributed by atoms with Crippen molar-refractivity contribution in [3.8, 4) is 0 Å². The second kappa shape index (κ2) is 15.8. The number of carbonyl (C=O) groups excluding carboxylic acids is 2. The fourth-order valence-electron chi connectivity index (χ4n) is 0.858. The molecule has 0 aromatic rings. The topological polar surface area (TPSA) is 103 Å². The lowest BCUT2D eigenvalue weighted by atomic mass is 10.4. The fourth-order valence-corrected chi connectivity index (χ4v) is 0.858. The number of nitrogens with one attached hydrogen (secondary N) is 2. The van der Waals surface area contributed by atoms with Crippen LogP contribution in [0.15, 0.2) is 0 Å². The van der Waals surface area contributed by atoms with Gasteiger partial charge in [0.1, 0.15) is 0 Å². The second-order valence-corrected chi connectivity index (χ2v) is 3.03. The Kier molecular flexibility index (Phi) is 16.8. The van der Waals surface area contributed by atoms with E-state index >= 15 is 0 Å². The maximum absolute atomic E-state index is 10.7. The molecule has 0 saturated carbocycles. The largest absolute Gasteiger partial charge is 0.379 e. The first-order valence-electron chi connectivity index (χ1n) is 6.06. The van der Waals surface area contributed by atoms with E-state index in [0.717, 1.165) is 0 Å². The minimum Gasteiger partial charge on any atom is -0.379 e. The molecule has 7 nitrogen and oxygen atoms in total. The molecule has 0 heterocycles.